The summed E-state index contributed by atoms with van der Waals surface area (Å²) in [5.41, 5.74) is 1.43. The van der Waals surface area contributed by atoms with E-state index in [1.807, 2.05) is 24.4 Å². The molecule has 204 valence electrons. The number of nitrogens with zero attached hydrogens (tertiary/aromatic N) is 6. The zero-order chi connectivity index (χ0) is 27.2. The van der Waals surface area contributed by atoms with Crippen LogP contribution in [0.5, 0.6) is 11.5 Å². The molecule has 0 saturated carbocycles. The van der Waals surface area contributed by atoms with Gasteiger partial charge in [-0.05, 0) is 43.5 Å². The van der Waals surface area contributed by atoms with Crippen LogP contribution in [0.1, 0.15) is 19.3 Å². The minimum absolute atomic E-state index is 0.204. The number of fused-ring (bicyclic) bond motifs is 1. The number of aromatic nitrogens is 2. The van der Waals surface area contributed by atoms with Crippen LogP contribution in [0.2, 0.25) is 10.0 Å². The number of piperidine rings is 1. The normalized spacial score (nSPS) is 18.1. The predicted molar refractivity (Wildman–Crippen MR) is 151 cm³/mol. The number of guanidine groups is 1. The molecular weight excluding hydrogens is 541 g/mol. The van der Waals surface area contributed by atoms with Crippen LogP contribution in [-0.4, -0.2) is 78.3 Å². The minimum Gasteiger partial charge on any atom is -0.493 e. The Morgan fingerprint density at radius 1 is 1.10 bits per heavy atom. The molecule has 0 amide bonds. The first-order valence-corrected chi connectivity index (χ1v) is 13.6. The van der Waals surface area contributed by atoms with Crippen molar-refractivity contribution in [3.8, 4) is 17.7 Å². The van der Waals surface area contributed by atoms with Crippen LogP contribution in [0.15, 0.2) is 41.7 Å². The average Bonchev–Trinajstić information content (AvgIpc) is 2.97. The molecule has 0 spiro atoms. The smallest absolute Gasteiger partial charge is 0.212 e. The molecule has 0 bridgehead atoms. The first-order chi connectivity index (χ1) is 19.1. The van der Waals surface area contributed by atoms with Crippen molar-refractivity contribution in [3.63, 3.8) is 0 Å². The van der Waals surface area contributed by atoms with Crippen LogP contribution in [0.25, 0.3) is 10.9 Å². The predicted octanol–water partition coefficient (Wildman–Crippen LogP) is 5.09. The second kappa shape index (κ2) is 12.6. The number of benzene rings is 2. The number of rotatable bonds is 6. The third-order valence-corrected chi connectivity index (χ3v) is 7.48. The molecule has 1 N–H and O–H groups in total. The fourth-order valence-corrected chi connectivity index (χ4v) is 5.11. The van der Waals surface area contributed by atoms with Gasteiger partial charge in [-0.2, -0.15) is 5.26 Å². The Kier molecular flexibility index (Phi) is 8.71. The number of nitriles is 1. The van der Waals surface area contributed by atoms with Gasteiger partial charge in [0.05, 0.1) is 35.8 Å². The lowest BCUT2D eigenvalue weighted by Gasteiger charge is -2.39. The summed E-state index contributed by atoms with van der Waals surface area (Å²) in [6.07, 6.45) is 6.68. The highest BCUT2D eigenvalue weighted by Crippen LogP contribution is 2.35. The summed E-state index contributed by atoms with van der Waals surface area (Å²) in [4.78, 5) is 17.3. The third kappa shape index (κ3) is 6.38. The Balaban J connectivity index is 1.30. The summed E-state index contributed by atoms with van der Waals surface area (Å²) in [7, 11) is 1.59. The van der Waals surface area contributed by atoms with Crippen LogP contribution in [-0.2, 0) is 4.74 Å². The van der Waals surface area contributed by atoms with Crippen molar-refractivity contribution in [2.24, 2.45) is 4.99 Å². The van der Waals surface area contributed by atoms with E-state index in [2.05, 4.69) is 30.1 Å². The van der Waals surface area contributed by atoms with Crippen molar-refractivity contribution in [2.75, 3.05) is 51.8 Å². The molecule has 12 heteroatoms. The van der Waals surface area contributed by atoms with Crippen molar-refractivity contribution in [1.29, 1.82) is 5.26 Å². The van der Waals surface area contributed by atoms with Crippen molar-refractivity contribution in [1.82, 2.24) is 19.8 Å². The molecular formula is C27H29Cl2N7O3. The van der Waals surface area contributed by atoms with Gasteiger partial charge in [0.1, 0.15) is 24.9 Å². The Labute approximate surface area is 237 Å². The van der Waals surface area contributed by atoms with Crippen molar-refractivity contribution in [3.05, 3.63) is 46.7 Å². The first-order valence-electron chi connectivity index (χ1n) is 12.8. The zero-order valence-corrected chi connectivity index (χ0v) is 23.1. The number of morpholine rings is 1. The molecule has 3 aromatic rings. The van der Waals surface area contributed by atoms with E-state index in [0.717, 1.165) is 43.0 Å². The summed E-state index contributed by atoms with van der Waals surface area (Å²) in [6, 6.07) is 8.94. The molecule has 5 rings (SSSR count). The van der Waals surface area contributed by atoms with Crippen LogP contribution in [0.4, 0.5) is 11.5 Å². The molecule has 1 unspecified atom stereocenters. The highest BCUT2D eigenvalue weighted by atomic mass is 35.5. The van der Waals surface area contributed by atoms with Crippen molar-refractivity contribution in [2.45, 2.75) is 25.4 Å². The van der Waals surface area contributed by atoms with E-state index < -0.39 is 0 Å². The molecule has 1 atom stereocenters. The second-order valence-electron chi connectivity index (χ2n) is 9.31. The fourth-order valence-electron chi connectivity index (χ4n) is 4.81. The van der Waals surface area contributed by atoms with Gasteiger partial charge in [-0.1, -0.05) is 23.2 Å². The fraction of sp³-hybridized carbons (Fsp3) is 0.407. The molecule has 10 nitrogen and oxygen atoms in total. The van der Waals surface area contributed by atoms with E-state index in [1.165, 1.54) is 12.7 Å². The molecule has 1 aromatic heterocycles. The quantitative estimate of drug-likeness (QED) is 0.246. The van der Waals surface area contributed by atoms with Crippen LogP contribution < -0.4 is 14.8 Å². The number of halogens is 2. The van der Waals surface area contributed by atoms with Crippen molar-refractivity contribution >= 4 is 51.6 Å². The Morgan fingerprint density at radius 2 is 1.95 bits per heavy atom. The number of nitrogens with one attached hydrogen (secondary N) is 1. The zero-order valence-electron chi connectivity index (χ0n) is 21.6. The number of methoxy groups -OCH3 is 1. The van der Waals surface area contributed by atoms with Gasteiger partial charge in [0.2, 0.25) is 12.2 Å². The molecule has 2 aromatic carbocycles. The van der Waals surface area contributed by atoms with E-state index in [1.54, 1.807) is 19.2 Å². The van der Waals surface area contributed by atoms with Gasteiger partial charge in [-0.25, -0.2) is 9.97 Å². The van der Waals surface area contributed by atoms with E-state index in [0.29, 0.717) is 59.2 Å². The maximum absolute atomic E-state index is 9.30. The standard InChI is InChI=1S/C27H29Cl2N7O3/c1-37-24-12-20-23(32-17-33-26(20)34-18-5-6-21(28)22(29)11-18)13-25(24)39-15-19-14-36(9-10-38-19)27(31-16-30)35-7-3-2-4-8-35/h5-6,11-13,17,19H,2-4,7-10,14-15H2,1H3,(H,32,33,34)/b31-27+. The molecule has 2 aliphatic rings. The van der Waals surface area contributed by atoms with Gasteiger partial charge in [0.15, 0.2) is 11.5 Å². The molecule has 39 heavy (non-hydrogen) atoms. The third-order valence-electron chi connectivity index (χ3n) is 6.74. The van der Waals surface area contributed by atoms with Crippen molar-refractivity contribution < 1.29 is 14.2 Å². The summed E-state index contributed by atoms with van der Waals surface area (Å²) in [5.74, 6) is 2.41. The Morgan fingerprint density at radius 3 is 2.72 bits per heavy atom. The SMILES string of the molecule is COc1cc2c(Nc3ccc(Cl)c(Cl)c3)ncnc2cc1OCC1CN(/C(=N/C#N)N2CCCCC2)CCO1. The van der Waals surface area contributed by atoms with Gasteiger partial charge in [-0.3, -0.25) is 0 Å². The van der Waals surface area contributed by atoms with Gasteiger partial charge in [0.25, 0.3) is 0 Å². The van der Waals surface area contributed by atoms with Gasteiger partial charge in [0, 0.05) is 36.8 Å². The topological polar surface area (TPSA) is 108 Å². The second-order valence-corrected chi connectivity index (χ2v) is 10.1. The van der Waals surface area contributed by atoms with E-state index in [9.17, 15) is 5.26 Å². The van der Waals surface area contributed by atoms with E-state index in [4.69, 9.17) is 37.4 Å². The maximum atomic E-state index is 9.30. The highest BCUT2D eigenvalue weighted by Gasteiger charge is 2.28. The number of likely N-dealkylation sites (tertiary alicyclic amines) is 1. The molecule has 0 radical (unpaired) electrons. The van der Waals surface area contributed by atoms with Crippen LogP contribution in [0.3, 0.4) is 0 Å². The van der Waals surface area contributed by atoms with Crippen LogP contribution >= 0.6 is 23.2 Å². The number of hydrogen-bond acceptors (Lipinski definition) is 8. The number of ether oxygens (including phenoxy) is 3. The lowest BCUT2D eigenvalue weighted by molar-refractivity contribution is -0.0321. The van der Waals surface area contributed by atoms with Gasteiger partial charge < -0.3 is 29.3 Å². The molecule has 2 saturated heterocycles. The number of anilines is 2. The van der Waals surface area contributed by atoms with Gasteiger partial charge >= 0.3 is 0 Å². The highest BCUT2D eigenvalue weighted by molar-refractivity contribution is 6.42. The summed E-state index contributed by atoms with van der Waals surface area (Å²) in [5, 5.41) is 14.2. The lowest BCUT2D eigenvalue weighted by atomic mass is 10.1. The molecule has 2 fully saturated rings. The Bertz CT molecular complexity index is 1390. The van der Waals surface area contributed by atoms with E-state index >= 15 is 0 Å². The summed E-state index contributed by atoms with van der Waals surface area (Å²) >= 11 is 12.2. The minimum atomic E-state index is -0.204. The summed E-state index contributed by atoms with van der Waals surface area (Å²) in [6.45, 7) is 3.91. The molecule has 3 heterocycles. The summed E-state index contributed by atoms with van der Waals surface area (Å²) < 4.78 is 17.8. The van der Waals surface area contributed by atoms with Crippen LogP contribution in [0, 0.1) is 11.5 Å². The first kappa shape index (κ1) is 27.1. The largest absolute Gasteiger partial charge is 0.493 e. The number of aliphatic imine (C=N–C) groups is 1. The lowest BCUT2D eigenvalue weighted by Crippen LogP contribution is -2.53. The number of hydrogen-bond donors (Lipinski definition) is 1. The molecule has 0 aliphatic carbocycles. The maximum Gasteiger partial charge on any atom is 0.212 e. The average molecular weight is 570 g/mol. The molecule has 2 aliphatic heterocycles. The van der Waals surface area contributed by atoms with E-state index in [-0.39, 0.29) is 6.10 Å². The van der Waals surface area contributed by atoms with Gasteiger partial charge in [-0.15, -0.1) is 4.99 Å². The Hall–Kier alpha value is -3.52. The monoisotopic (exact) mass is 569 g/mol.